The molecular formula is C14H19NO2S. The summed E-state index contributed by atoms with van der Waals surface area (Å²) in [6.07, 6.45) is 2.86. The van der Waals surface area contributed by atoms with Gasteiger partial charge in [0.2, 0.25) is 0 Å². The zero-order valence-corrected chi connectivity index (χ0v) is 11.4. The molecule has 0 aromatic heterocycles. The Hall–Kier alpha value is -1.13. The van der Waals surface area contributed by atoms with Gasteiger partial charge >= 0.3 is 0 Å². The third kappa shape index (κ3) is 3.96. The van der Waals surface area contributed by atoms with Crippen molar-refractivity contribution >= 4 is 15.9 Å². The second-order valence-corrected chi connectivity index (χ2v) is 7.11. The second kappa shape index (κ2) is 5.67. The minimum Gasteiger partial charge on any atom is -0.309 e. The number of sulfone groups is 1. The zero-order valence-electron chi connectivity index (χ0n) is 10.6. The van der Waals surface area contributed by atoms with Crippen molar-refractivity contribution < 1.29 is 8.42 Å². The lowest BCUT2D eigenvalue weighted by molar-refractivity contribution is 0.579. The van der Waals surface area contributed by atoms with Crippen LogP contribution in [0.3, 0.4) is 0 Å². The van der Waals surface area contributed by atoms with E-state index < -0.39 is 9.84 Å². The Morgan fingerprint density at radius 1 is 1.39 bits per heavy atom. The predicted molar refractivity (Wildman–Crippen MR) is 75.2 cm³/mol. The highest BCUT2D eigenvalue weighted by atomic mass is 32.2. The van der Waals surface area contributed by atoms with Crippen molar-refractivity contribution in [1.82, 2.24) is 5.32 Å². The molecule has 1 aliphatic heterocycles. The smallest absolute Gasteiger partial charge is 0.151 e. The van der Waals surface area contributed by atoms with E-state index >= 15 is 0 Å². The van der Waals surface area contributed by atoms with Crippen LogP contribution in [0, 0.1) is 0 Å². The van der Waals surface area contributed by atoms with Crippen LogP contribution in [0.4, 0.5) is 0 Å². The molecule has 1 aromatic carbocycles. The molecule has 98 valence electrons. The quantitative estimate of drug-likeness (QED) is 0.904. The fourth-order valence-electron chi connectivity index (χ4n) is 2.15. The molecule has 0 bridgehead atoms. The molecule has 4 heteroatoms. The lowest BCUT2D eigenvalue weighted by Crippen LogP contribution is -2.31. The summed E-state index contributed by atoms with van der Waals surface area (Å²) < 4.78 is 22.6. The van der Waals surface area contributed by atoms with Gasteiger partial charge in [0.1, 0.15) is 0 Å². The molecule has 0 saturated carbocycles. The fraction of sp³-hybridized carbons (Fsp3) is 0.429. The van der Waals surface area contributed by atoms with E-state index in [1.165, 1.54) is 11.1 Å². The summed E-state index contributed by atoms with van der Waals surface area (Å²) in [5, 5.41) is 3.31. The van der Waals surface area contributed by atoms with E-state index in [9.17, 15) is 8.42 Å². The highest BCUT2D eigenvalue weighted by molar-refractivity contribution is 7.91. The van der Waals surface area contributed by atoms with Crippen LogP contribution in [-0.2, 0) is 9.84 Å². The van der Waals surface area contributed by atoms with Gasteiger partial charge < -0.3 is 5.32 Å². The first-order chi connectivity index (χ1) is 8.55. The summed E-state index contributed by atoms with van der Waals surface area (Å²) in [4.78, 5) is 0. The molecule has 1 heterocycles. The molecule has 1 aliphatic rings. The summed E-state index contributed by atoms with van der Waals surface area (Å²) in [7, 11) is -2.78. The van der Waals surface area contributed by atoms with Crippen molar-refractivity contribution in [3.8, 4) is 0 Å². The van der Waals surface area contributed by atoms with Gasteiger partial charge in [-0.1, -0.05) is 42.0 Å². The summed E-state index contributed by atoms with van der Waals surface area (Å²) in [5.41, 5.74) is 2.39. The molecule has 1 fully saturated rings. The molecule has 1 atom stereocenters. The van der Waals surface area contributed by atoms with E-state index in [1.807, 2.05) is 18.2 Å². The van der Waals surface area contributed by atoms with Crippen LogP contribution in [0.1, 0.15) is 18.9 Å². The highest BCUT2D eigenvalue weighted by Crippen LogP contribution is 2.12. The SMILES string of the molecule is C/C(=C/c1ccccc1)CNC1CCS(=O)(=O)C1. The minimum atomic E-state index is -2.78. The van der Waals surface area contributed by atoms with Gasteiger partial charge in [0.25, 0.3) is 0 Å². The van der Waals surface area contributed by atoms with Crippen molar-refractivity contribution in [1.29, 1.82) is 0 Å². The molecule has 0 radical (unpaired) electrons. The van der Waals surface area contributed by atoms with Gasteiger partial charge in [0, 0.05) is 12.6 Å². The van der Waals surface area contributed by atoms with E-state index in [-0.39, 0.29) is 11.8 Å². The monoisotopic (exact) mass is 265 g/mol. The van der Waals surface area contributed by atoms with E-state index in [0.717, 1.165) is 13.0 Å². The topological polar surface area (TPSA) is 46.2 Å². The Morgan fingerprint density at radius 3 is 2.72 bits per heavy atom. The van der Waals surface area contributed by atoms with Gasteiger partial charge in [-0.25, -0.2) is 8.42 Å². The fourth-order valence-corrected chi connectivity index (χ4v) is 3.85. The van der Waals surface area contributed by atoms with Crippen LogP contribution in [0.15, 0.2) is 35.9 Å². The molecule has 18 heavy (non-hydrogen) atoms. The number of hydrogen-bond donors (Lipinski definition) is 1. The van der Waals surface area contributed by atoms with Crippen molar-refractivity contribution in [3.63, 3.8) is 0 Å². The Labute approximate surface area is 109 Å². The second-order valence-electron chi connectivity index (χ2n) is 4.88. The lowest BCUT2D eigenvalue weighted by atomic mass is 10.1. The molecule has 3 nitrogen and oxygen atoms in total. The first-order valence-corrected chi connectivity index (χ1v) is 8.03. The molecule has 0 amide bonds. The largest absolute Gasteiger partial charge is 0.309 e. The predicted octanol–water partition coefficient (Wildman–Crippen LogP) is 1.87. The molecule has 0 aliphatic carbocycles. The first kappa shape index (κ1) is 13.3. The standard InChI is InChI=1S/C14H19NO2S/c1-12(9-13-5-3-2-4-6-13)10-15-14-7-8-18(16,17)11-14/h2-6,9,14-15H,7-8,10-11H2,1H3/b12-9-. The summed E-state index contributed by atoms with van der Waals surface area (Å²) in [5.74, 6) is 0.609. The van der Waals surface area contributed by atoms with Gasteiger partial charge in [0.15, 0.2) is 9.84 Å². The summed E-state index contributed by atoms with van der Waals surface area (Å²) in [6.45, 7) is 2.80. The van der Waals surface area contributed by atoms with Crippen LogP contribution < -0.4 is 5.32 Å². The Morgan fingerprint density at radius 2 is 2.11 bits per heavy atom. The maximum Gasteiger partial charge on any atom is 0.151 e. The van der Waals surface area contributed by atoms with Crippen LogP contribution >= 0.6 is 0 Å². The van der Waals surface area contributed by atoms with Gasteiger partial charge in [-0.15, -0.1) is 0 Å². The Bertz CT molecular complexity index is 520. The van der Waals surface area contributed by atoms with Gasteiger partial charge in [-0.2, -0.15) is 0 Å². The van der Waals surface area contributed by atoms with Crippen molar-refractivity contribution in [2.24, 2.45) is 0 Å². The van der Waals surface area contributed by atoms with Gasteiger partial charge in [-0.05, 0) is 18.9 Å². The number of nitrogens with one attached hydrogen (secondary N) is 1. The molecule has 1 unspecified atom stereocenters. The highest BCUT2D eigenvalue weighted by Gasteiger charge is 2.27. The van der Waals surface area contributed by atoms with E-state index in [1.54, 1.807) is 0 Å². The maximum absolute atomic E-state index is 11.3. The number of rotatable bonds is 4. The van der Waals surface area contributed by atoms with E-state index in [2.05, 4.69) is 30.4 Å². The Kier molecular flexibility index (Phi) is 4.19. The third-order valence-corrected chi connectivity index (χ3v) is 4.88. The zero-order chi connectivity index (χ0) is 13.0. The molecule has 0 spiro atoms. The lowest BCUT2D eigenvalue weighted by Gasteiger charge is -2.10. The van der Waals surface area contributed by atoms with E-state index in [0.29, 0.717) is 5.75 Å². The van der Waals surface area contributed by atoms with E-state index in [4.69, 9.17) is 0 Å². The van der Waals surface area contributed by atoms with Gasteiger partial charge in [0.05, 0.1) is 11.5 Å². The van der Waals surface area contributed by atoms with Crippen LogP contribution in [0.5, 0.6) is 0 Å². The molecule has 1 saturated heterocycles. The van der Waals surface area contributed by atoms with Crippen molar-refractivity contribution in [3.05, 3.63) is 41.5 Å². The average molecular weight is 265 g/mol. The summed E-state index contributed by atoms with van der Waals surface area (Å²) in [6, 6.07) is 10.3. The molecule has 2 rings (SSSR count). The average Bonchev–Trinajstić information content (AvgIpc) is 2.68. The maximum atomic E-state index is 11.3. The van der Waals surface area contributed by atoms with Crippen LogP contribution in [0.2, 0.25) is 0 Å². The Balaban J connectivity index is 1.86. The normalized spacial score (nSPS) is 23.2. The van der Waals surface area contributed by atoms with Crippen molar-refractivity contribution in [2.45, 2.75) is 19.4 Å². The third-order valence-electron chi connectivity index (χ3n) is 3.11. The molecular weight excluding hydrogens is 246 g/mol. The van der Waals surface area contributed by atoms with Crippen LogP contribution in [0.25, 0.3) is 6.08 Å². The minimum absolute atomic E-state index is 0.120. The molecule has 1 N–H and O–H groups in total. The summed E-state index contributed by atoms with van der Waals surface area (Å²) >= 11 is 0. The number of hydrogen-bond acceptors (Lipinski definition) is 3. The van der Waals surface area contributed by atoms with Gasteiger partial charge in [-0.3, -0.25) is 0 Å². The first-order valence-electron chi connectivity index (χ1n) is 6.21. The molecule has 1 aromatic rings. The number of benzene rings is 1. The van der Waals surface area contributed by atoms with Crippen molar-refractivity contribution in [2.75, 3.05) is 18.1 Å². The van der Waals surface area contributed by atoms with Crippen LogP contribution in [-0.4, -0.2) is 32.5 Å².